The molecule has 4 fully saturated rings. The number of alkyl halides is 2. The van der Waals surface area contributed by atoms with Crippen molar-refractivity contribution in [2.45, 2.75) is 49.3 Å². The van der Waals surface area contributed by atoms with Crippen LogP contribution in [0.25, 0.3) is 0 Å². The molecular formula is C20H20F2I3NO6S. The third-order valence-electron chi connectivity index (χ3n) is 6.86. The van der Waals surface area contributed by atoms with Crippen LogP contribution in [0.5, 0.6) is 0 Å². The molecule has 1 aromatic rings. The number of nitrogens with one attached hydrogen (secondary N) is 1. The Morgan fingerprint density at radius 2 is 1.76 bits per heavy atom. The average Bonchev–Trinajstić information content (AvgIpc) is 2.66. The molecule has 0 aliphatic heterocycles. The maximum Gasteiger partial charge on any atom is 0.402 e. The number of carbonyl (C=O) groups excluding carboxylic acids is 2. The molecule has 4 aliphatic carbocycles. The topological polar surface area (TPSA) is 110 Å². The summed E-state index contributed by atoms with van der Waals surface area (Å²) in [6, 6.07) is 3.78. The minimum absolute atomic E-state index is 0.135. The summed E-state index contributed by atoms with van der Waals surface area (Å²) in [5, 5.41) is -1.40. The largest absolute Gasteiger partial charge is 0.458 e. The van der Waals surface area contributed by atoms with E-state index in [0.717, 1.165) is 17.1 Å². The van der Waals surface area contributed by atoms with Gasteiger partial charge in [-0.1, -0.05) is 0 Å². The predicted octanol–water partition coefficient (Wildman–Crippen LogP) is 4.59. The van der Waals surface area contributed by atoms with Crippen LogP contribution in [0, 0.1) is 28.0 Å². The first-order chi connectivity index (χ1) is 15.2. The Kier molecular flexibility index (Phi) is 7.06. The van der Waals surface area contributed by atoms with Crippen molar-refractivity contribution in [1.82, 2.24) is 5.32 Å². The van der Waals surface area contributed by atoms with Crippen molar-refractivity contribution < 1.29 is 36.1 Å². The van der Waals surface area contributed by atoms with E-state index in [1.165, 1.54) is 0 Å². The molecule has 2 N–H and O–H groups in total. The molecule has 0 spiro atoms. The summed E-state index contributed by atoms with van der Waals surface area (Å²) in [5.41, 5.74) is -1.16. The van der Waals surface area contributed by atoms with Crippen molar-refractivity contribution in [2.75, 3.05) is 6.61 Å². The molecule has 4 aliphatic rings. The fourth-order valence-electron chi connectivity index (χ4n) is 6.05. The lowest BCUT2D eigenvalue weighted by atomic mass is 9.47. The summed E-state index contributed by atoms with van der Waals surface area (Å²) < 4.78 is 65.1. The van der Waals surface area contributed by atoms with Crippen LogP contribution in [0.4, 0.5) is 8.78 Å². The highest BCUT2D eigenvalue weighted by Crippen LogP contribution is 2.62. The van der Waals surface area contributed by atoms with E-state index in [1.54, 1.807) is 0 Å². The van der Waals surface area contributed by atoms with E-state index in [2.05, 4.69) is 73.1 Å². The number of esters is 1. The highest BCUT2D eigenvalue weighted by Gasteiger charge is 2.62. The first kappa shape index (κ1) is 26.2. The number of amides is 1. The second-order valence-electron chi connectivity index (χ2n) is 9.41. The van der Waals surface area contributed by atoms with E-state index in [9.17, 15) is 26.8 Å². The van der Waals surface area contributed by atoms with Crippen LogP contribution in [0.15, 0.2) is 12.1 Å². The maximum absolute atomic E-state index is 13.6. The van der Waals surface area contributed by atoms with Gasteiger partial charge in [0.2, 0.25) is 0 Å². The highest BCUT2D eigenvalue weighted by atomic mass is 127. The van der Waals surface area contributed by atoms with Crippen LogP contribution < -0.4 is 5.32 Å². The lowest BCUT2D eigenvalue weighted by Crippen LogP contribution is -2.65. The van der Waals surface area contributed by atoms with Crippen LogP contribution in [-0.2, 0) is 19.6 Å². The summed E-state index contributed by atoms with van der Waals surface area (Å²) in [5.74, 6) is -0.858. The minimum Gasteiger partial charge on any atom is -0.458 e. The zero-order valence-corrected chi connectivity index (χ0v) is 24.3. The molecule has 0 aromatic heterocycles. The molecular weight excluding hydrogens is 801 g/mol. The summed E-state index contributed by atoms with van der Waals surface area (Å²) in [6.07, 6.45) is 3.46. The van der Waals surface area contributed by atoms with Gasteiger partial charge in [0.15, 0.2) is 6.61 Å². The van der Waals surface area contributed by atoms with Crippen molar-refractivity contribution in [1.29, 1.82) is 0 Å². The van der Waals surface area contributed by atoms with Gasteiger partial charge in [0, 0.05) is 16.2 Å². The standard InChI is InChI=1S/C20H20F2I3NO6S/c21-20(22,33(29,30)31)9-32-17(28)18-4-10-1-11(5-18)7-19(6-10,8-18)26-16(27)13-2-12(23)3-14(24)15(13)25/h2-3,10-11H,1,4-9H2,(H,26,27)(H,29,30,31). The number of rotatable bonds is 6. The Hall–Kier alpha value is 0.120. The van der Waals surface area contributed by atoms with Gasteiger partial charge in [-0.05, 0) is 130 Å². The van der Waals surface area contributed by atoms with Crippen LogP contribution in [0.2, 0.25) is 0 Å². The first-order valence-corrected chi connectivity index (χ1v) is 14.8. The van der Waals surface area contributed by atoms with Gasteiger partial charge in [-0.15, -0.1) is 0 Å². The minimum atomic E-state index is -5.69. The average molecular weight is 821 g/mol. The number of hydrogen-bond donors (Lipinski definition) is 2. The second-order valence-corrected chi connectivity index (χ2v) is 14.4. The normalized spacial score (nSPS) is 30.8. The third kappa shape index (κ3) is 5.03. The number of hydrogen-bond acceptors (Lipinski definition) is 5. The Morgan fingerprint density at radius 1 is 1.15 bits per heavy atom. The molecule has 0 heterocycles. The molecule has 1 amide bonds. The van der Waals surface area contributed by atoms with Crippen molar-refractivity contribution in [3.05, 3.63) is 28.4 Å². The molecule has 13 heteroatoms. The molecule has 0 saturated heterocycles. The van der Waals surface area contributed by atoms with Gasteiger partial charge in [-0.25, -0.2) is 0 Å². The van der Waals surface area contributed by atoms with Crippen molar-refractivity contribution in [2.24, 2.45) is 17.3 Å². The highest BCUT2D eigenvalue weighted by molar-refractivity contribution is 14.1. The Labute approximate surface area is 230 Å². The molecule has 7 nitrogen and oxygen atoms in total. The van der Waals surface area contributed by atoms with E-state index in [-0.39, 0.29) is 24.2 Å². The summed E-state index contributed by atoms with van der Waals surface area (Å²) >= 11 is 6.45. The van der Waals surface area contributed by atoms with Gasteiger partial charge in [0.05, 0.1) is 11.0 Å². The van der Waals surface area contributed by atoms with Crippen molar-refractivity contribution in [3.8, 4) is 0 Å². The fraction of sp³-hybridized carbons (Fsp3) is 0.600. The zero-order valence-electron chi connectivity index (χ0n) is 17.0. The number of halogens is 5. The maximum atomic E-state index is 13.6. The number of benzene rings is 1. The van der Waals surface area contributed by atoms with Gasteiger partial charge in [-0.2, -0.15) is 17.2 Å². The Morgan fingerprint density at radius 3 is 2.33 bits per heavy atom. The molecule has 182 valence electrons. The zero-order chi connectivity index (χ0) is 24.4. The molecule has 0 radical (unpaired) electrons. The Bertz CT molecular complexity index is 1120. The van der Waals surface area contributed by atoms with E-state index in [0.29, 0.717) is 31.2 Å². The van der Waals surface area contributed by atoms with Crippen LogP contribution in [0.3, 0.4) is 0 Å². The van der Waals surface area contributed by atoms with E-state index in [4.69, 9.17) is 9.29 Å². The van der Waals surface area contributed by atoms with Gasteiger partial charge in [-0.3, -0.25) is 14.1 Å². The summed E-state index contributed by atoms with van der Waals surface area (Å²) in [7, 11) is -5.69. The molecule has 1 aromatic carbocycles. The van der Waals surface area contributed by atoms with Crippen molar-refractivity contribution >= 4 is 89.8 Å². The van der Waals surface area contributed by atoms with E-state index < -0.39 is 38.9 Å². The van der Waals surface area contributed by atoms with E-state index >= 15 is 0 Å². The second kappa shape index (κ2) is 8.90. The van der Waals surface area contributed by atoms with E-state index in [1.807, 2.05) is 12.1 Å². The summed E-state index contributed by atoms with van der Waals surface area (Å²) in [6.45, 7) is -1.74. The molecule has 33 heavy (non-hydrogen) atoms. The quantitative estimate of drug-likeness (QED) is 0.188. The first-order valence-electron chi connectivity index (χ1n) is 10.1. The van der Waals surface area contributed by atoms with Gasteiger partial charge in [0.25, 0.3) is 5.91 Å². The number of carbonyl (C=O) groups is 2. The third-order valence-corrected chi connectivity index (χ3v) is 11.4. The smallest absolute Gasteiger partial charge is 0.402 e. The lowest BCUT2D eigenvalue weighted by molar-refractivity contribution is -0.179. The van der Waals surface area contributed by atoms with Gasteiger partial charge in [0.1, 0.15) is 0 Å². The molecule has 2 atom stereocenters. The fourth-order valence-corrected chi connectivity index (χ4v) is 8.66. The molecule has 2 unspecified atom stereocenters. The lowest BCUT2D eigenvalue weighted by Gasteiger charge is -2.60. The summed E-state index contributed by atoms with van der Waals surface area (Å²) in [4.78, 5) is 26.2. The van der Waals surface area contributed by atoms with Crippen LogP contribution >= 0.6 is 67.8 Å². The Balaban J connectivity index is 1.56. The monoisotopic (exact) mass is 821 g/mol. The van der Waals surface area contributed by atoms with Crippen molar-refractivity contribution in [3.63, 3.8) is 0 Å². The molecule has 5 rings (SSSR count). The molecule has 4 bridgehead atoms. The number of ether oxygens (including phenoxy) is 1. The van der Waals surface area contributed by atoms with Gasteiger partial charge >= 0.3 is 21.3 Å². The van der Waals surface area contributed by atoms with Crippen LogP contribution in [0.1, 0.15) is 48.9 Å². The molecule has 4 saturated carbocycles. The van der Waals surface area contributed by atoms with Gasteiger partial charge < -0.3 is 10.1 Å². The SMILES string of the molecule is O=C(NC12CC3CC(C1)CC(C(=O)OCC(F)(F)S(=O)(=O)O)(C3)C2)c1cc(I)cc(I)c1I. The predicted molar refractivity (Wildman–Crippen MR) is 139 cm³/mol. The van der Waals surface area contributed by atoms with Crippen LogP contribution in [-0.4, -0.2) is 42.2 Å².